The van der Waals surface area contributed by atoms with Gasteiger partial charge in [0, 0.05) is 45.9 Å². The molecule has 1 saturated heterocycles. The lowest BCUT2D eigenvalue weighted by Gasteiger charge is -2.39. The van der Waals surface area contributed by atoms with Gasteiger partial charge in [-0.15, -0.1) is 0 Å². The van der Waals surface area contributed by atoms with E-state index in [9.17, 15) is 0 Å². The van der Waals surface area contributed by atoms with Gasteiger partial charge in [-0.25, -0.2) is 0 Å². The van der Waals surface area contributed by atoms with E-state index < -0.39 is 0 Å². The predicted octanol–water partition coefficient (Wildman–Crippen LogP) is 1.89. The van der Waals surface area contributed by atoms with Gasteiger partial charge in [0.1, 0.15) is 5.75 Å². The van der Waals surface area contributed by atoms with Gasteiger partial charge in [-0.2, -0.15) is 0 Å². The van der Waals surface area contributed by atoms with Crippen molar-refractivity contribution in [1.82, 2.24) is 9.80 Å². The average molecular weight is 292 g/mol. The van der Waals surface area contributed by atoms with Crippen LogP contribution in [0.25, 0.3) is 0 Å². The second-order valence-electron chi connectivity index (χ2n) is 5.78. The second-order valence-corrected chi connectivity index (χ2v) is 5.78. The summed E-state index contributed by atoms with van der Waals surface area (Å²) in [6.07, 6.45) is 1.11. The number of ether oxygens (including phenoxy) is 2. The van der Waals surface area contributed by atoms with E-state index in [1.807, 2.05) is 12.1 Å². The maximum atomic E-state index is 5.20. The molecule has 1 fully saturated rings. The third-order valence-corrected chi connectivity index (χ3v) is 4.31. The van der Waals surface area contributed by atoms with E-state index in [1.165, 1.54) is 5.56 Å². The summed E-state index contributed by atoms with van der Waals surface area (Å²) in [7, 11) is 3.48. The van der Waals surface area contributed by atoms with Gasteiger partial charge in [-0.05, 0) is 31.0 Å². The van der Waals surface area contributed by atoms with E-state index in [1.54, 1.807) is 14.2 Å². The lowest BCUT2D eigenvalue weighted by atomic mass is 10.1. The van der Waals surface area contributed by atoms with Crippen molar-refractivity contribution in [2.75, 3.05) is 53.6 Å². The van der Waals surface area contributed by atoms with Gasteiger partial charge in [0.25, 0.3) is 0 Å². The van der Waals surface area contributed by atoms with Crippen molar-refractivity contribution in [3.63, 3.8) is 0 Å². The standard InChI is InChI=1S/C17H28N2O2/c1-15-14-18(10-11-19(15)12-13-20-2)9-8-16-4-6-17(21-3)7-5-16/h4-7,15H,8-14H2,1-3H3/t15-/m1/s1. The average Bonchev–Trinajstić information content (AvgIpc) is 2.52. The van der Waals surface area contributed by atoms with Gasteiger partial charge in [-0.1, -0.05) is 12.1 Å². The second kappa shape index (κ2) is 8.37. The molecule has 1 aromatic rings. The Kier molecular flexibility index (Phi) is 6.49. The van der Waals surface area contributed by atoms with Gasteiger partial charge < -0.3 is 14.4 Å². The predicted molar refractivity (Wildman–Crippen MR) is 86.0 cm³/mol. The molecule has 4 heteroatoms. The summed E-state index contributed by atoms with van der Waals surface area (Å²) in [5.41, 5.74) is 1.38. The molecule has 4 nitrogen and oxygen atoms in total. The van der Waals surface area contributed by atoms with Crippen LogP contribution in [0.3, 0.4) is 0 Å². The van der Waals surface area contributed by atoms with Gasteiger partial charge in [-0.3, -0.25) is 4.90 Å². The fourth-order valence-corrected chi connectivity index (χ4v) is 2.89. The van der Waals surface area contributed by atoms with Crippen molar-refractivity contribution in [1.29, 1.82) is 0 Å². The number of hydrogen-bond donors (Lipinski definition) is 0. The molecule has 0 aliphatic carbocycles. The van der Waals surface area contributed by atoms with E-state index in [0.717, 1.165) is 51.5 Å². The molecule has 0 bridgehead atoms. The lowest BCUT2D eigenvalue weighted by molar-refractivity contribution is 0.0596. The van der Waals surface area contributed by atoms with Crippen LogP contribution in [0.5, 0.6) is 5.75 Å². The van der Waals surface area contributed by atoms with Crippen LogP contribution >= 0.6 is 0 Å². The highest BCUT2D eigenvalue weighted by atomic mass is 16.5. The van der Waals surface area contributed by atoms with E-state index in [0.29, 0.717) is 6.04 Å². The van der Waals surface area contributed by atoms with Crippen LogP contribution in [0.15, 0.2) is 24.3 Å². The molecule has 0 spiro atoms. The summed E-state index contributed by atoms with van der Waals surface area (Å²) in [5.74, 6) is 0.930. The van der Waals surface area contributed by atoms with Crippen molar-refractivity contribution >= 4 is 0 Å². The first-order valence-electron chi connectivity index (χ1n) is 7.81. The molecule has 1 heterocycles. The van der Waals surface area contributed by atoms with Gasteiger partial charge >= 0.3 is 0 Å². The molecule has 0 amide bonds. The Labute approximate surface area is 128 Å². The molecular formula is C17H28N2O2. The zero-order valence-corrected chi connectivity index (χ0v) is 13.5. The molecule has 1 aliphatic rings. The zero-order chi connectivity index (χ0) is 15.1. The molecule has 1 aromatic carbocycles. The van der Waals surface area contributed by atoms with Gasteiger partial charge in [0.05, 0.1) is 13.7 Å². The molecule has 0 saturated carbocycles. The highest BCUT2D eigenvalue weighted by Crippen LogP contribution is 2.13. The van der Waals surface area contributed by atoms with E-state index in [2.05, 4.69) is 28.9 Å². The maximum Gasteiger partial charge on any atom is 0.118 e. The molecule has 0 aromatic heterocycles. The first-order valence-corrected chi connectivity index (χ1v) is 7.81. The third-order valence-electron chi connectivity index (χ3n) is 4.31. The number of benzene rings is 1. The van der Waals surface area contributed by atoms with Gasteiger partial charge in [0.15, 0.2) is 0 Å². The van der Waals surface area contributed by atoms with Crippen LogP contribution < -0.4 is 4.74 Å². The van der Waals surface area contributed by atoms with Gasteiger partial charge in [0.2, 0.25) is 0 Å². The third kappa shape index (κ3) is 4.99. The fraction of sp³-hybridized carbons (Fsp3) is 0.647. The van der Waals surface area contributed by atoms with Crippen LogP contribution in [0.4, 0.5) is 0 Å². The minimum absolute atomic E-state index is 0.616. The molecule has 118 valence electrons. The highest BCUT2D eigenvalue weighted by molar-refractivity contribution is 5.27. The van der Waals surface area contributed by atoms with Crippen molar-refractivity contribution in [2.24, 2.45) is 0 Å². The molecule has 2 rings (SSSR count). The first kappa shape index (κ1) is 16.3. The Bertz CT molecular complexity index is 408. The Hall–Kier alpha value is -1.10. The molecule has 0 unspecified atom stereocenters. The number of rotatable bonds is 7. The highest BCUT2D eigenvalue weighted by Gasteiger charge is 2.22. The lowest BCUT2D eigenvalue weighted by Crippen LogP contribution is -2.52. The van der Waals surface area contributed by atoms with Crippen LogP contribution in [-0.2, 0) is 11.2 Å². The van der Waals surface area contributed by atoms with Crippen molar-refractivity contribution in [3.05, 3.63) is 29.8 Å². The monoisotopic (exact) mass is 292 g/mol. The minimum Gasteiger partial charge on any atom is -0.497 e. The minimum atomic E-state index is 0.616. The largest absolute Gasteiger partial charge is 0.497 e. The zero-order valence-electron chi connectivity index (χ0n) is 13.5. The Morgan fingerprint density at radius 3 is 2.48 bits per heavy atom. The summed E-state index contributed by atoms with van der Waals surface area (Å²) in [6.45, 7) is 8.78. The molecule has 0 N–H and O–H groups in total. The van der Waals surface area contributed by atoms with E-state index in [-0.39, 0.29) is 0 Å². The van der Waals surface area contributed by atoms with Crippen molar-refractivity contribution in [3.8, 4) is 5.75 Å². The summed E-state index contributed by atoms with van der Waals surface area (Å²) in [4.78, 5) is 5.09. The molecule has 21 heavy (non-hydrogen) atoms. The Morgan fingerprint density at radius 1 is 1.10 bits per heavy atom. The number of hydrogen-bond acceptors (Lipinski definition) is 4. The van der Waals surface area contributed by atoms with Crippen LogP contribution in [0, 0.1) is 0 Å². The topological polar surface area (TPSA) is 24.9 Å². The molecule has 1 atom stereocenters. The van der Waals surface area contributed by atoms with Crippen LogP contribution in [0.1, 0.15) is 12.5 Å². The molecule has 1 aliphatic heterocycles. The quantitative estimate of drug-likeness (QED) is 0.766. The van der Waals surface area contributed by atoms with Crippen LogP contribution in [0.2, 0.25) is 0 Å². The summed E-state index contributed by atoms with van der Waals surface area (Å²) < 4.78 is 10.4. The SMILES string of the molecule is COCCN1CCN(CCc2ccc(OC)cc2)C[C@H]1C. The Balaban J connectivity index is 1.74. The van der Waals surface area contributed by atoms with Crippen LogP contribution in [-0.4, -0.2) is 69.4 Å². The fourth-order valence-electron chi connectivity index (χ4n) is 2.89. The number of nitrogens with zero attached hydrogens (tertiary/aromatic N) is 2. The summed E-state index contributed by atoms with van der Waals surface area (Å²) >= 11 is 0. The van der Waals surface area contributed by atoms with E-state index >= 15 is 0 Å². The van der Waals surface area contributed by atoms with Crippen molar-refractivity contribution < 1.29 is 9.47 Å². The molecule has 0 radical (unpaired) electrons. The van der Waals surface area contributed by atoms with Crippen molar-refractivity contribution in [2.45, 2.75) is 19.4 Å². The Morgan fingerprint density at radius 2 is 1.86 bits per heavy atom. The number of methoxy groups -OCH3 is 2. The molecular weight excluding hydrogens is 264 g/mol. The normalized spacial score (nSPS) is 20.6. The van der Waals surface area contributed by atoms with E-state index in [4.69, 9.17) is 9.47 Å². The summed E-state index contributed by atoms with van der Waals surface area (Å²) in [5, 5.41) is 0. The number of piperazine rings is 1. The first-order chi connectivity index (χ1) is 10.2. The smallest absolute Gasteiger partial charge is 0.118 e. The maximum absolute atomic E-state index is 5.20. The summed E-state index contributed by atoms with van der Waals surface area (Å²) in [6, 6.07) is 9.03.